The third-order valence-electron chi connectivity index (χ3n) is 1.61. The van der Waals surface area contributed by atoms with Crippen molar-refractivity contribution in [1.29, 1.82) is 0 Å². The first kappa shape index (κ1) is 11.8. The highest BCUT2D eigenvalue weighted by Crippen LogP contribution is 2.25. The van der Waals surface area contributed by atoms with E-state index >= 15 is 0 Å². The molecule has 78 valence electrons. The molecule has 0 aliphatic rings. The number of aliphatic carboxylic acids is 1. The third kappa shape index (κ3) is 3.08. The fraction of sp³-hybridized carbons (Fsp3) is 0. The zero-order valence-electron chi connectivity index (χ0n) is 7.41. The van der Waals surface area contributed by atoms with Gasteiger partial charge in [0.1, 0.15) is 0 Å². The highest BCUT2D eigenvalue weighted by molar-refractivity contribution is 6.40. The van der Waals surface area contributed by atoms with Crippen molar-refractivity contribution in [3.63, 3.8) is 0 Å². The van der Waals surface area contributed by atoms with Gasteiger partial charge in [0.05, 0.1) is 0 Å². The van der Waals surface area contributed by atoms with Crippen LogP contribution in [0.5, 0.6) is 0 Å². The van der Waals surface area contributed by atoms with E-state index < -0.39 is 11.8 Å². The maximum Gasteiger partial charge on any atom is 0.376 e. The van der Waals surface area contributed by atoms with Crippen LogP contribution in [0.2, 0.25) is 10.0 Å². The molecule has 1 aromatic carbocycles. The molecular weight excluding hydrogens is 239 g/mol. The van der Waals surface area contributed by atoms with Crippen LogP contribution in [0.3, 0.4) is 0 Å². The second kappa shape index (κ2) is 4.96. The van der Waals surface area contributed by atoms with E-state index in [1.807, 2.05) is 0 Å². The molecule has 0 unspecified atom stereocenters. The predicted molar refractivity (Wildman–Crippen MR) is 58.1 cm³/mol. The molecule has 1 aromatic rings. The van der Waals surface area contributed by atoms with Gasteiger partial charge in [0.25, 0.3) is 5.78 Å². The van der Waals surface area contributed by atoms with Crippen LogP contribution in [0, 0.1) is 0 Å². The summed E-state index contributed by atoms with van der Waals surface area (Å²) in [7, 11) is 0. The van der Waals surface area contributed by atoms with Crippen LogP contribution in [-0.4, -0.2) is 16.9 Å². The lowest BCUT2D eigenvalue weighted by Gasteiger charge is -1.99. The van der Waals surface area contributed by atoms with Crippen LogP contribution in [0.4, 0.5) is 0 Å². The number of carboxylic acid groups (broad SMARTS) is 1. The number of benzene rings is 1. The molecule has 15 heavy (non-hydrogen) atoms. The average Bonchev–Trinajstić information content (AvgIpc) is 2.16. The van der Waals surface area contributed by atoms with Gasteiger partial charge in [-0.15, -0.1) is 0 Å². The van der Waals surface area contributed by atoms with E-state index in [1.165, 1.54) is 6.08 Å². The molecule has 1 rings (SSSR count). The molecule has 0 amide bonds. The van der Waals surface area contributed by atoms with Gasteiger partial charge in [-0.1, -0.05) is 29.3 Å². The minimum atomic E-state index is -1.52. The third-order valence-corrected chi connectivity index (χ3v) is 2.27. The van der Waals surface area contributed by atoms with Crippen molar-refractivity contribution in [3.05, 3.63) is 39.9 Å². The minimum Gasteiger partial charge on any atom is -0.475 e. The van der Waals surface area contributed by atoms with E-state index in [2.05, 4.69) is 0 Å². The predicted octanol–water partition coefficient (Wildman–Crippen LogP) is 2.66. The summed E-state index contributed by atoms with van der Waals surface area (Å²) in [5, 5.41) is 9.05. The zero-order chi connectivity index (χ0) is 11.4. The Morgan fingerprint density at radius 3 is 2.20 bits per heavy atom. The van der Waals surface area contributed by atoms with Crippen molar-refractivity contribution in [2.24, 2.45) is 0 Å². The number of rotatable bonds is 3. The Bertz CT molecular complexity index is 418. The first-order valence-corrected chi connectivity index (χ1v) is 4.67. The topological polar surface area (TPSA) is 54.4 Å². The molecule has 0 aliphatic heterocycles. The summed E-state index contributed by atoms with van der Waals surface area (Å²) >= 11 is 11.6. The second-order valence-electron chi connectivity index (χ2n) is 2.64. The summed E-state index contributed by atoms with van der Waals surface area (Å²) in [6.45, 7) is 0. The maximum absolute atomic E-state index is 10.8. The Labute approximate surface area is 95.9 Å². The first-order chi connectivity index (χ1) is 7.02. The molecule has 0 aliphatic carbocycles. The molecule has 0 aromatic heterocycles. The van der Waals surface area contributed by atoms with Crippen molar-refractivity contribution >= 4 is 41.0 Å². The van der Waals surface area contributed by atoms with Gasteiger partial charge in [0.15, 0.2) is 0 Å². The molecule has 0 spiro atoms. The van der Waals surface area contributed by atoms with Gasteiger partial charge in [0, 0.05) is 15.6 Å². The Morgan fingerprint density at radius 1 is 1.20 bits per heavy atom. The molecule has 0 saturated carbocycles. The number of ketones is 1. The molecule has 3 nitrogen and oxygen atoms in total. The standard InChI is InChI=1S/C10H6Cl2O3/c11-7-2-1-3-8(12)6(7)4-5-9(13)10(14)15/h1-5H,(H,14,15)/b5-4+. The van der Waals surface area contributed by atoms with Crippen LogP contribution >= 0.6 is 23.2 Å². The normalized spacial score (nSPS) is 10.5. The van der Waals surface area contributed by atoms with Crippen molar-refractivity contribution in [1.82, 2.24) is 0 Å². The molecule has 0 radical (unpaired) electrons. The number of carbonyl (C=O) groups is 2. The monoisotopic (exact) mass is 244 g/mol. The Hall–Kier alpha value is -1.32. The number of halogens is 2. The van der Waals surface area contributed by atoms with Gasteiger partial charge in [-0.05, 0) is 24.3 Å². The number of hydrogen-bond donors (Lipinski definition) is 1. The molecule has 5 heteroatoms. The van der Waals surface area contributed by atoms with Crippen molar-refractivity contribution in [2.75, 3.05) is 0 Å². The summed E-state index contributed by atoms with van der Waals surface area (Å²) in [5.41, 5.74) is 0.426. The van der Waals surface area contributed by atoms with E-state index in [9.17, 15) is 9.59 Å². The SMILES string of the molecule is O=C(O)C(=O)/C=C/c1c(Cl)cccc1Cl. The maximum atomic E-state index is 10.8. The molecular formula is C10H6Cl2O3. The lowest BCUT2D eigenvalue weighted by atomic mass is 10.2. The van der Waals surface area contributed by atoms with Crippen molar-refractivity contribution < 1.29 is 14.7 Å². The summed E-state index contributed by atoms with van der Waals surface area (Å²) in [5.74, 6) is -2.54. The number of hydrogen-bond acceptors (Lipinski definition) is 2. The highest BCUT2D eigenvalue weighted by atomic mass is 35.5. The molecule has 0 saturated heterocycles. The van der Waals surface area contributed by atoms with Crippen LogP contribution in [-0.2, 0) is 9.59 Å². The Balaban J connectivity index is 2.99. The van der Waals surface area contributed by atoms with Crippen molar-refractivity contribution in [2.45, 2.75) is 0 Å². The summed E-state index contributed by atoms with van der Waals surface area (Å²) in [6, 6.07) is 4.84. The van der Waals surface area contributed by atoms with Gasteiger partial charge in [-0.2, -0.15) is 0 Å². The molecule has 0 bridgehead atoms. The molecule has 0 heterocycles. The van der Waals surface area contributed by atoms with Gasteiger partial charge < -0.3 is 5.11 Å². The number of carbonyl (C=O) groups excluding carboxylic acids is 1. The zero-order valence-corrected chi connectivity index (χ0v) is 8.92. The molecule has 0 fully saturated rings. The summed E-state index contributed by atoms with van der Waals surface area (Å²) < 4.78 is 0. The average molecular weight is 245 g/mol. The molecule has 1 N–H and O–H groups in total. The molecule has 0 atom stereocenters. The highest BCUT2D eigenvalue weighted by Gasteiger charge is 2.07. The Kier molecular flexibility index (Phi) is 3.88. The fourth-order valence-corrected chi connectivity index (χ4v) is 1.42. The van der Waals surface area contributed by atoms with Crippen LogP contribution < -0.4 is 0 Å². The summed E-state index contributed by atoms with van der Waals surface area (Å²) in [6.07, 6.45) is 2.19. The van der Waals surface area contributed by atoms with Crippen LogP contribution in [0.1, 0.15) is 5.56 Å². The van der Waals surface area contributed by atoms with Crippen LogP contribution in [0.15, 0.2) is 24.3 Å². The summed E-state index contributed by atoms with van der Waals surface area (Å²) in [4.78, 5) is 21.0. The minimum absolute atomic E-state index is 0.358. The lowest BCUT2D eigenvalue weighted by Crippen LogP contribution is -2.08. The second-order valence-corrected chi connectivity index (χ2v) is 3.45. The van der Waals surface area contributed by atoms with Gasteiger partial charge in [-0.25, -0.2) is 4.79 Å². The number of carboxylic acids is 1. The van der Waals surface area contributed by atoms with E-state index in [-0.39, 0.29) is 0 Å². The van der Waals surface area contributed by atoms with E-state index in [0.29, 0.717) is 15.6 Å². The lowest BCUT2D eigenvalue weighted by molar-refractivity contribution is -0.146. The van der Waals surface area contributed by atoms with E-state index in [1.54, 1.807) is 18.2 Å². The smallest absolute Gasteiger partial charge is 0.376 e. The van der Waals surface area contributed by atoms with Crippen molar-refractivity contribution in [3.8, 4) is 0 Å². The fourth-order valence-electron chi connectivity index (χ4n) is 0.900. The van der Waals surface area contributed by atoms with Gasteiger partial charge >= 0.3 is 5.97 Å². The quantitative estimate of drug-likeness (QED) is 0.657. The Morgan fingerprint density at radius 2 is 1.73 bits per heavy atom. The largest absolute Gasteiger partial charge is 0.475 e. The van der Waals surface area contributed by atoms with Gasteiger partial charge in [-0.3, -0.25) is 4.79 Å². The van der Waals surface area contributed by atoms with Gasteiger partial charge in [0.2, 0.25) is 0 Å². The van der Waals surface area contributed by atoms with E-state index in [0.717, 1.165) is 6.08 Å². The first-order valence-electron chi connectivity index (χ1n) is 3.91. The van der Waals surface area contributed by atoms with Crippen LogP contribution in [0.25, 0.3) is 6.08 Å². The van der Waals surface area contributed by atoms with E-state index in [4.69, 9.17) is 28.3 Å².